The Morgan fingerprint density at radius 1 is 0.452 bits per heavy atom. The van der Waals surface area contributed by atoms with E-state index in [9.17, 15) is 0 Å². The molecule has 0 amide bonds. The standard InChI is InChI=1S/4C8H11.2C2H6Si.2ClH.2Hf/c4*1-7(2)8-5-3-4-6-8;2*1-3-2;;;;/h4*3,5,7H,4H2,1-2H3;2*1-2H3;2*1H;;/q4*-1;;;;;2*+2. The molecule has 0 aliphatic heterocycles. The van der Waals surface area contributed by atoms with Crippen LogP contribution in [0.3, 0.4) is 0 Å². The van der Waals surface area contributed by atoms with Gasteiger partial charge in [0.25, 0.3) is 0 Å². The maximum Gasteiger partial charge on any atom is -0.147 e. The van der Waals surface area contributed by atoms with Crippen molar-refractivity contribution in [2.24, 2.45) is 23.7 Å². The Labute approximate surface area is 305 Å². The van der Waals surface area contributed by atoms with Gasteiger partial charge in [0.05, 0.1) is 0 Å². The summed E-state index contributed by atoms with van der Waals surface area (Å²) in [5.74, 6) is 2.64. The second-order valence-electron chi connectivity index (χ2n) is 11.6. The van der Waals surface area contributed by atoms with Gasteiger partial charge in [-0.25, -0.2) is 46.6 Å². The van der Waals surface area contributed by atoms with Crippen LogP contribution in [-0.2, 0) is 46.0 Å². The van der Waals surface area contributed by atoms with E-state index in [2.05, 4.69) is 154 Å². The molecule has 0 aromatic rings. The summed E-state index contributed by atoms with van der Waals surface area (Å²) in [6, 6.07) is 0. The molecule has 0 aromatic heterocycles. The molecular weight excluding hydrogens is 916 g/mol. The Bertz CT molecular complexity index is 834. The first kappa shape index (κ1) is 49.6. The van der Waals surface area contributed by atoms with Crippen LogP contribution in [0.1, 0.15) is 81.1 Å². The second kappa shape index (κ2) is 31.6. The van der Waals surface area contributed by atoms with Crippen molar-refractivity contribution in [1.82, 2.24) is 0 Å². The summed E-state index contributed by atoms with van der Waals surface area (Å²) in [7, 11) is 0. The molecule has 0 atom stereocenters. The molecule has 0 unspecified atom stereocenters. The Morgan fingerprint density at radius 3 is 0.643 bits per heavy atom. The van der Waals surface area contributed by atoms with Gasteiger partial charge in [0.15, 0.2) is 0 Å². The second-order valence-corrected chi connectivity index (χ2v) is 37.1. The molecule has 0 radical (unpaired) electrons. The van der Waals surface area contributed by atoms with Crippen LogP contribution in [0, 0.1) is 48.0 Å². The maximum absolute atomic E-state index is 3.26. The van der Waals surface area contributed by atoms with Crippen molar-refractivity contribution >= 4 is 35.8 Å². The predicted molar refractivity (Wildman–Crippen MR) is 191 cm³/mol. The molecule has 0 aromatic carbocycles. The number of halogens is 2. The van der Waals surface area contributed by atoms with Crippen molar-refractivity contribution in [3.05, 3.63) is 95.2 Å². The largest absolute Gasteiger partial charge is 0.147 e. The molecule has 232 valence electrons. The van der Waals surface area contributed by atoms with Crippen LogP contribution in [0.2, 0.25) is 26.2 Å². The van der Waals surface area contributed by atoms with Gasteiger partial charge < -0.3 is 0 Å². The van der Waals surface area contributed by atoms with Gasteiger partial charge in [-0.05, 0) is 0 Å². The van der Waals surface area contributed by atoms with E-state index in [1.165, 1.54) is 68.3 Å². The van der Waals surface area contributed by atoms with Crippen LogP contribution in [0.15, 0.2) is 70.9 Å². The van der Waals surface area contributed by atoms with Gasteiger partial charge in [-0.3, -0.25) is 24.3 Å². The molecule has 0 fully saturated rings. The molecule has 0 nitrogen and oxygen atoms in total. The van der Waals surface area contributed by atoms with Crippen molar-refractivity contribution in [3.8, 4) is 0 Å². The third-order valence-corrected chi connectivity index (χ3v) is 5.37. The van der Waals surface area contributed by atoms with Crippen LogP contribution in [0.5, 0.6) is 0 Å². The van der Waals surface area contributed by atoms with Gasteiger partial charge in [-0.2, -0.15) is 24.3 Å². The van der Waals surface area contributed by atoms with E-state index >= 15 is 0 Å². The van der Waals surface area contributed by atoms with Gasteiger partial charge in [-0.15, -0.1) is 50.5 Å². The molecule has 4 aliphatic rings. The van der Waals surface area contributed by atoms with Crippen LogP contribution < -0.4 is 0 Å². The van der Waals surface area contributed by atoms with Crippen molar-refractivity contribution < 1.29 is 46.0 Å². The Balaban J connectivity index is -0.000000209. The van der Waals surface area contributed by atoms with E-state index in [1.54, 1.807) is 0 Å². The molecule has 4 aliphatic carbocycles. The van der Waals surface area contributed by atoms with E-state index < -0.39 is 0 Å². The first-order valence-electron chi connectivity index (χ1n) is 14.8. The molecule has 0 heterocycles. The van der Waals surface area contributed by atoms with Crippen molar-refractivity contribution in [2.75, 3.05) is 0 Å². The quantitative estimate of drug-likeness (QED) is 0.195. The van der Waals surface area contributed by atoms with Crippen molar-refractivity contribution in [2.45, 2.75) is 107 Å². The molecule has 4 rings (SSSR count). The molecule has 0 saturated heterocycles. The number of allylic oxidation sites excluding steroid dienone is 16. The van der Waals surface area contributed by atoms with E-state index in [0.29, 0.717) is 23.7 Å². The summed E-state index contributed by atoms with van der Waals surface area (Å²) in [6.07, 6.45) is 34.4. The molecule has 42 heavy (non-hydrogen) atoms. The number of rotatable bonds is 4. The summed E-state index contributed by atoms with van der Waals surface area (Å²) in [5, 5.41) is 0. The van der Waals surface area contributed by atoms with E-state index in [0.717, 1.165) is 25.7 Å². The normalized spacial score (nSPS) is 14.8. The van der Waals surface area contributed by atoms with Gasteiger partial charge in [0.2, 0.25) is 0 Å². The van der Waals surface area contributed by atoms with Crippen LogP contribution in [0.25, 0.3) is 0 Å². The number of hydrogen-bond acceptors (Lipinski definition) is 0. The monoisotopic (exact) mass is 976 g/mol. The summed E-state index contributed by atoms with van der Waals surface area (Å²) in [4.78, 5) is 0. The average molecular weight is 975 g/mol. The number of hydrogen-bond donors (Lipinski definition) is 0. The SMILES string of the molecule is CC(C)C1=[C-]CC=C1.CC(C)C1=[C-]CC=C1.CC(C)C1=[C-]CC=C1.CC(C)C1=[C-]CC=C1.C[Si](C)=[Hf+2].C[Si](C)=[Hf+2].Cl.Cl. The predicted octanol–water partition coefficient (Wildman–Crippen LogP) is 11.7. The molecule has 0 spiro atoms. The summed E-state index contributed by atoms with van der Waals surface area (Å²) in [6.45, 7) is 26.9. The van der Waals surface area contributed by atoms with E-state index in [1.807, 2.05) is 0 Å². The Kier molecular flexibility index (Phi) is 37.3. The first-order chi connectivity index (χ1) is 18.7. The van der Waals surface area contributed by atoms with Crippen LogP contribution >= 0.6 is 24.8 Å². The van der Waals surface area contributed by atoms with Crippen molar-refractivity contribution in [1.29, 1.82) is 0 Å². The Hall–Kier alpha value is 0.674. The van der Waals surface area contributed by atoms with Crippen LogP contribution in [-0.4, -0.2) is 11.0 Å². The summed E-state index contributed by atoms with van der Waals surface area (Å²) in [5.41, 5.74) is 5.98. The zero-order chi connectivity index (χ0) is 31.1. The zero-order valence-electron chi connectivity index (χ0n) is 28.6. The van der Waals surface area contributed by atoms with Crippen molar-refractivity contribution in [3.63, 3.8) is 0 Å². The smallest absolute Gasteiger partial charge is 0.147 e. The topological polar surface area (TPSA) is 0 Å². The fourth-order valence-corrected chi connectivity index (χ4v) is 3.27. The molecule has 0 bridgehead atoms. The summed E-state index contributed by atoms with van der Waals surface area (Å²) >= 11 is 2.90. The first-order valence-corrected chi connectivity index (χ1v) is 30.6. The molecular formula is C36H58Cl2Hf2Si2. The van der Waals surface area contributed by atoms with Gasteiger partial charge in [0, 0.05) is 0 Å². The maximum atomic E-state index is 3.26. The van der Waals surface area contributed by atoms with Gasteiger partial charge in [-0.1, -0.05) is 79.1 Å². The summed E-state index contributed by atoms with van der Waals surface area (Å²) < 4.78 is 0. The minimum atomic E-state index is 0. The molecule has 0 saturated carbocycles. The third kappa shape index (κ3) is 32.1. The minimum absolute atomic E-state index is 0. The average Bonchev–Trinajstić information content (AvgIpc) is 3.68. The van der Waals surface area contributed by atoms with Crippen LogP contribution in [0.4, 0.5) is 0 Å². The fourth-order valence-electron chi connectivity index (χ4n) is 3.27. The van der Waals surface area contributed by atoms with Gasteiger partial charge >= 0.3 is 83.2 Å². The zero-order valence-corrected chi connectivity index (χ0v) is 39.4. The fraction of sp³-hybridized carbons (Fsp3) is 0.556. The minimum Gasteiger partial charge on any atom is -0.147 e. The Morgan fingerprint density at radius 2 is 0.595 bits per heavy atom. The van der Waals surface area contributed by atoms with E-state index in [4.69, 9.17) is 0 Å². The third-order valence-electron chi connectivity index (χ3n) is 5.37. The molecule has 6 heteroatoms. The van der Waals surface area contributed by atoms with E-state index in [-0.39, 0.29) is 35.8 Å². The molecule has 0 N–H and O–H groups in total. The van der Waals surface area contributed by atoms with Gasteiger partial charge in [0.1, 0.15) is 0 Å².